The number of carboxylic acid groups (broad SMARTS) is 1. The summed E-state index contributed by atoms with van der Waals surface area (Å²) in [6.45, 7) is 1.85. The van der Waals surface area contributed by atoms with Crippen molar-refractivity contribution in [3.63, 3.8) is 0 Å². The highest BCUT2D eigenvalue weighted by Crippen LogP contribution is 2.14. The molecule has 1 atom stereocenters. The molecule has 0 unspecified atom stereocenters. The number of carboxylic acids is 1. The van der Waals surface area contributed by atoms with Crippen LogP contribution in [0.5, 0.6) is 0 Å². The summed E-state index contributed by atoms with van der Waals surface area (Å²) in [6, 6.07) is 7.10. The van der Waals surface area contributed by atoms with E-state index in [0.717, 1.165) is 0 Å². The molecule has 2 amide bonds. The number of benzene rings is 1. The van der Waals surface area contributed by atoms with Crippen LogP contribution < -0.4 is 10.2 Å². The minimum Gasteiger partial charge on any atom is -0.480 e. The number of nitrogens with one attached hydrogen (secondary N) is 1. The van der Waals surface area contributed by atoms with Gasteiger partial charge in [0.2, 0.25) is 0 Å². The summed E-state index contributed by atoms with van der Waals surface area (Å²) in [7, 11) is 1.52. The molecule has 0 aliphatic rings. The topological polar surface area (TPSA) is 93.4 Å². The van der Waals surface area contributed by atoms with Gasteiger partial charge in [-0.25, -0.2) is 9.59 Å². The van der Waals surface area contributed by atoms with Crippen molar-refractivity contribution in [1.82, 2.24) is 5.32 Å². The molecule has 0 aliphatic heterocycles. The minimum atomic E-state index is -1.06. The molecule has 0 heterocycles. The quantitative estimate of drug-likeness (QED) is 0.858. The molecule has 0 radical (unpaired) electrons. The molecule has 0 saturated carbocycles. The van der Waals surface area contributed by atoms with E-state index in [1.54, 1.807) is 24.3 Å². The van der Waals surface area contributed by atoms with Gasteiger partial charge in [-0.2, -0.15) is 5.26 Å². The number of nitriles is 1. The van der Waals surface area contributed by atoms with Gasteiger partial charge in [0.25, 0.3) is 0 Å². The smallest absolute Gasteiger partial charge is 0.326 e. The highest BCUT2D eigenvalue weighted by Gasteiger charge is 2.21. The lowest BCUT2D eigenvalue weighted by Gasteiger charge is -2.21. The van der Waals surface area contributed by atoms with Crippen LogP contribution in [-0.4, -0.2) is 30.2 Å². The first-order chi connectivity index (χ1) is 9.49. The minimum absolute atomic E-state index is 0.368. The number of hydrogen-bond donors (Lipinski definition) is 2. The summed E-state index contributed by atoms with van der Waals surface area (Å²) in [6.07, 6.45) is 1.03. The predicted molar refractivity (Wildman–Crippen MR) is 74.4 cm³/mol. The van der Waals surface area contributed by atoms with Crippen LogP contribution in [0.1, 0.15) is 25.3 Å². The van der Waals surface area contributed by atoms with Gasteiger partial charge >= 0.3 is 12.0 Å². The van der Waals surface area contributed by atoms with Gasteiger partial charge < -0.3 is 10.4 Å². The Balaban J connectivity index is 2.80. The Morgan fingerprint density at radius 1 is 1.50 bits per heavy atom. The molecule has 0 spiro atoms. The molecular weight excluding hydrogens is 258 g/mol. The lowest BCUT2D eigenvalue weighted by atomic mass is 10.2. The Kier molecular flexibility index (Phi) is 5.54. The fraction of sp³-hybridized carbons (Fsp3) is 0.357. The molecule has 0 saturated heterocycles. The fourth-order valence-electron chi connectivity index (χ4n) is 1.69. The number of urea groups is 1. The highest BCUT2D eigenvalue weighted by atomic mass is 16.4. The van der Waals surface area contributed by atoms with Crippen molar-refractivity contribution < 1.29 is 14.7 Å². The second-order valence-corrected chi connectivity index (χ2v) is 4.35. The second kappa shape index (κ2) is 7.14. The first-order valence-corrected chi connectivity index (χ1v) is 6.26. The molecule has 2 N–H and O–H groups in total. The Labute approximate surface area is 117 Å². The zero-order valence-electron chi connectivity index (χ0n) is 11.5. The van der Waals surface area contributed by atoms with Gasteiger partial charge in [0.05, 0.1) is 11.6 Å². The molecule has 6 nitrogen and oxygen atoms in total. The third kappa shape index (κ3) is 3.99. The van der Waals surface area contributed by atoms with E-state index in [2.05, 4.69) is 5.32 Å². The summed E-state index contributed by atoms with van der Waals surface area (Å²) >= 11 is 0. The first kappa shape index (κ1) is 15.5. The normalized spacial score (nSPS) is 11.2. The molecule has 0 fully saturated rings. The van der Waals surface area contributed by atoms with Crippen LogP contribution in [0.25, 0.3) is 0 Å². The zero-order chi connectivity index (χ0) is 15.1. The third-order valence-electron chi connectivity index (χ3n) is 2.84. The highest BCUT2D eigenvalue weighted by molar-refractivity contribution is 5.94. The number of aliphatic carboxylic acids is 1. The molecule has 0 bridgehead atoms. The van der Waals surface area contributed by atoms with Gasteiger partial charge in [0.15, 0.2) is 0 Å². The molecule has 0 aliphatic carbocycles. The van der Waals surface area contributed by atoms with Crippen LogP contribution in [0.4, 0.5) is 10.5 Å². The second-order valence-electron chi connectivity index (χ2n) is 4.35. The lowest BCUT2D eigenvalue weighted by Crippen LogP contribution is -2.46. The van der Waals surface area contributed by atoms with Crippen molar-refractivity contribution in [3.8, 4) is 6.07 Å². The van der Waals surface area contributed by atoms with Crippen LogP contribution in [0.2, 0.25) is 0 Å². The summed E-state index contributed by atoms with van der Waals surface area (Å²) in [5, 5.41) is 20.3. The van der Waals surface area contributed by atoms with E-state index in [1.165, 1.54) is 11.9 Å². The number of rotatable bonds is 5. The molecular formula is C14H17N3O3. The molecule has 1 rings (SSSR count). The van der Waals surface area contributed by atoms with Crippen molar-refractivity contribution in [2.45, 2.75) is 25.8 Å². The van der Waals surface area contributed by atoms with Crippen molar-refractivity contribution >= 4 is 17.7 Å². The van der Waals surface area contributed by atoms with Gasteiger partial charge in [-0.1, -0.05) is 19.4 Å². The first-order valence-electron chi connectivity index (χ1n) is 6.26. The number of anilines is 1. The third-order valence-corrected chi connectivity index (χ3v) is 2.84. The maximum Gasteiger partial charge on any atom is 0.326 e. The van der Waals surface area contributed by atoms with Gasteiger partial charge in [0, 0.05) is 12.7 Å². The predicted octanol–water partition coefficient (Wildman–Crippen LogP) is 1.96. The largest absolute Gasteiger partial charge is 0.480 e. The van der Waals surface area contributed by atoms with Gasteiger partial charge in [-0.3, -0.25) is 4.90 Å². The summed E-state index contributed by atoms with van der Waals surface area (Å²) in [4.78, 5) is 24.3. The van der Waals surface area contributed by atoms with Crippen molar-refractivity contribution in [2.24, 2.45) is 0 Å². The lowest BCUT2D eigenvalue weighted by molar-refractivity contribution is -0.139. The maximum absolute atomic E-state index is 12.0. The van der Waals surface area contributed by atoms with E-state index in [1.807, 2.05) is 13.0 Å². The number of carbonyl (C=O) groups excluding carboxylic acids is 1. The molecule has 6 heteroatoms. The Morgan fingerprint density at radius 3 is 2.75 bits per heavy atom. The van der Waals surface area contributed by atoms with Crippen molar-refractivity contribution in [1.29, 1.82) is 5.26 Å². The van der Waals surface area contributed by atoms with E-state index in [9.17, 15) is 9.59 Å². The Bertz CT molecular complexity index is 537. The monoisotopic (exact) mass is 275 g/mol. The number of hydrogen-bond acceptors (Lipinski definition) is 3. The van der Waals surface area contributed by atoms with Crippen LogP contribution in [0.15, 0.2) is 24.3 Å². The number of amides is 2. The van der Waals surface area contributed by atoms with Crippen LogP contribution in [0.3, 0.4) is 0 Å². The van der Waals surface area contributed by atoms with Gasteiger partial charge in [-0.05, 0) is 24.6 Å². The Morgan fingerprint density at radius 2 is 2.20 bits per heavy atom. The van der Waals surface area contributed by atoms with Crippen LogP contribution >= 0.6 is 0 Å². The van der Waals surface area contributed by atoms with Crippen LogP contribution in [-0.2, 0) is 4.79 Å². The van der Waals surface area contributed by atoms with E-state index in [0.29, 0.717) is 24.1 Å². The average molecular weight is 275 g/mol. The number of carbonyl (C=O) groups is 2. The van der Waals surface area contributed by atoms with Gasteiger partial charge in [0.1, 0.15) is 6.04 Å². The van der Waals surface area contributed by atoms with Gasteiger partial charge in [-0.15, -0.1) is 0 Å². The SMILES string of the molecule is CCC[C@H](NC(=O)N(C)c1cccc(C#N)c1)C(=O)O. The van der Waals surface area contributed by atoms with Crippen molar-refractivity contribution in [3.05, 3.63) is 29.8 Å². The molecule has 0 aromatic heterocycles. The van der Waals surface area contributed by atoms with E-state index in [-0.39, 0.29) is 0 Å². The van der Waals surface area contributed by atoms with E-state index < -0.39 is 18.0 Å². The van der Waals surface area contributed by atoms with Crippen molar-refractivity contribution in [2.75, 3.05) is 11.9 Å². The molecule has 1 aromatic rings. The molecule has 1 aromatic carbocycles. The fourth-order valence-corrected chi connectivity index (χ4v) is 1.69. The molecule has 106 valence electrons. The summed E-state index contributed by atoms with van der Waals surface area (Å²) < 4.78 is 0. The maximum atomic E-state index is 12.0. The zero-order valence-corrected chi connectivity index (χ0v) is 11.5. The number of nitrogens with zero attached hydrogens (tertiary/aromatic N) is 2. The summed E-state index contributed by atoms with van der Waals surface area (Å²) in [5.41, 5.74) is 0.965. The molecule has 20 heavy (non-hydrogen) atoms. The Hall–Kier alpha value is -2.55. The standard InChI is InChI=1S/C14H17N3O3/c1-3-5-12(13(18)19)16-14(20)17(2)11-7-4-6-10(8-11)9-15/h4,6-8,12H,3,5H2,1-2H3,(H,16,20)(H,18,19)/t12-/m0/s1. The summed E-state index contributed by atoms with van der Waals surface area (Å²) in [5.74, 6) is -1.06. The average Bonchev–Trinajstić information content (AvgIpc) is 2.45. The van der Waals surface area contributed by atoms with Crippen LogP contribution in [0, 0.1) is 11.3 Å². The van der Waals surface area contributed by atoms with E-state index >= 15 is 0 Å². The van der Waals surface area contributed by atoms with E-state index in [4.69, 9.17) is 10.4 Å².